The number of fused-ring (bicyclic) bond motifs is 2. The third-order valence-corrected chi connectivity index (χ3v) is 4.25. The first-order valence-electron chi connectivity index (χ1n) is 7.35. The van der Waals surface area contributed by atoms with Crippen molar-refractivity contribution >= 4 is 23.2 Å². The minimum atomic E-state index is -1.03. The summed E-state index contributed by atoms with van der Waals surface area (Å²) in [6.07, 6.45) is 0. The predicted molar refractivity (Wildman–Crippen MR) is 84.3 cm³/mol. The molecule has 1 aliphatic carbocycles. The van der Waals surface area contributed by atoms with Gasteiger partial charge in [0, 0.05) is 23.3 Å². The Hall–Kier alpha value is -3.00. The summed E-state index contributed by atoms with van der Waals surface area (Å²) in [5.74, 6) is -0.139. The van der Waals surface area contributed by atoms with Gasteiger partial charge in [-0.2, -0.15) is 5.23 Å². The van der Waals surface area contributed by atoms with Gasteiger partial charge in [-0.05, 0) is 5.56 Å². The molecule has 2 aliphatic rings. The number of rotatable bonds is 2. The lowest BCUT2D eigenvalue weighted by Crippen LogP contribution is -2.99. The lowest BCUT2D eigenvalue weighted by atomic mass is 9.94. The van der Waals surface area contributed by atoms with Crippen LogP contribution in [0.2, 0.25) is 0 Å². The Morgan fingerprint density at radius 3 is 2.33 bits per heavy atom. The van der Waals surface area contributed by atoms with Crippen molar-refractivity contribution in [3.63, 3.8) is 0 Å². The van der Waals surface area contributed by atoms with Crippen LogP contribution in [0.5, 0.6) is 0 Å². The molecular weight excluding hydrogens is 310 g/mol. The van der Waals surface area contributed by atoms with Crippen LogP contribution in [0.15, 0.2) is 54.1 Å². The third kappa shape index (κ3) is 2.11. The molecule has 2 atom stereocenters. The highest BCUT2D eigenvalue weighted by Gasteiger charge is 2.39. The molecule has 7 heteroatoms. The van der Waals surface area contributed by atoms with Crippen LogP contribution in [-0.2, 0) is 0 Å². The fraction of sp³-hybridized carbons (Fsp3) is 0.0588. The maximum atomic E-state index is 12.8. The summed E-state index contributed by atoms with van der Waals surface area (Å²) in [5, 5.41) is 24.4. The first-order chi connectivity index (χ1) is 11.6. The van der Waals surface area contributed by atoms with E-state index in [9.17, 15) is 14.8 Å². The second kappa shape index (κ2) is 5.27. The standard InChI is InChI=1S/C17H13N3O4/c21-16-12-4-2-1-3-11(12)15-13(16)14(18-17(22)19-15)9-5-7-10(8-6-9)20(23)24/h1-8,14,20,23H,(H2,18,19,22)/t14-/m0/s1. The molecule has 1 aliphatic heterocycles. The maximum Gasteiger partial charge on any atom is 0.320 e. The van der Waals surface area contributed by atoms with E-state index in [2.05, 4.69) is 10.6 Å². The summed E-state index contributed by atoms with van der Waals surface area (Å²) in [6.45, 7) is 0. The molecule has 0 fully saturated rings. The van der Waals surface area contributed by atoms with Gasteiger partial charge in [-0.25, -0.2) is 10.0 Å². The van der Waals surface area contributed by atoms with E-state index < -0.39 is 17.3 Å². The van der Waals surface area contributed by atoms with Crippen molar-refractivity contribution in [2.24, 2.45) is 0 Å². The number of nitrogens with one attached hydrogen (secondary N) is 3. The summed E-state index contributed by atoms with van der Waals surface area (Å²) in [4.78, 5) is 24.8. The molecule has 0 spiro atoms. The molecular formula is C17H13N3O4. The molecule has 2 aromatic rings. The van der Waals surface area contributed by atoms with Gasteiger partial charge in [0.05, 0.1) is 17.3 Å². The van der Waals surface area contributed by atoms with Crippen LogP contribution < -0.4 is 15.9 Å². The largest absolute Gasteiger partial charge is 0.595 e. The van der Waals surface area contributed by atoms with Gasteiger partial charge in [-0.1, -0.05) is 36.4 Å². The molecule has 1 unspecified atom stereocenters. The van der Waals surface area contributed by atoms with E-state index in [1.54, 1.807) is 30.3 Å². The first-order valence-corrected chi connectivity index (χ1v) is 7.35. The number of carbonyl (C=O) groups excluding carboxylic acids is 2. The number of urea groups is 1. The van der Waals surface area contributed by atoms with Crippen molar-refractivity contribution in [3.05, 3.63) is 76.0 Å². The number of hydrogen-bond acceptors (Lipinski definition) is 4. The highest BCUT2D eigenvalue weighted by Crippen LogP contribution is 2.39. The van der Waals surface area contributed by atoms with Crippen LogP contribution in [-0.4, -0.2) is 17.0 Å². The van der Waals surface area contributed by atoms with Gasteiger partial charge >= 0.3 is 6.03 Å². The number of amides is 2. The van der Waals surface area contributed by atoms with Gasteiger partial charge in [0.15, 0.2) is 11.5 Å². The van der Waals surface area contributed by atoms with Gasteiger partial charge in [0.2, 0.25) is 0 Å². The Morgan fingerprint density at radius 1 is 1.00 bits per heavy atom. The minimum absolute atomic E-state index is 0.139. The monoisotopic (exact) mass is 323 g/mol. The predicted octanol–water partition coefficient (Wildman–Crippen LogP) is 1.05. The zero-order valence-corrected chi connectivity index (χ0v) is 12.4. The van der Waals surface area contributed by atoms with Crippen molar-refractivity contribution in [2.75, 3.05) is 0 Å². The zero-order chi connectivity index (χ0) is 16.8. The van der Waals surface area contributed by atoms with Crippen LogP contribution in [0.1, 0.15) is 27.5 Å². The Labute approximate surface area is 136 Å². The van der Waals surface area contributed by atoms with E-state index >= 15 is 0 Å². The topological polar surface area (TPSA) is 106 Å². The molecule has 4 N–H and O–H groups in total. The molecule has 1 heterocycles. The molecule has 0 aromatic heterocycles. The van der Waals surface area contributed by atoms with Crippen LogP contribution in [0, 0.1) is 5.21 Å². The van der Waals surface area contributed by atoms with E-state index in [1.807, 2.05) is 6.07 Å². The van der Waals surface area contributed by atoms with Crippen LogP contribution >= 0.6 is 0 Å². The number of hydrogen-bond donors (Lipinski definition) is 4. The summed E-state index contributed by atoms with van der Waals surface area (Å²) in [7, 11) is 0. The highest BCUT2D eigenvalue weighted by molar-refractivity contribution is 6.23. The van der Waals surface area contributed by atoms with Crippen LogP contribution in [0.4, 0.5) is 10.5 Å². The average Bonchev–Trinajstić information content (AvgIpc) is 2.87. The fourth-order valence-electron chi connectivity index (χ4n) is 3.13. The molecule has 0 bridgehead atoms. The lowest BCUT2D eigenvalue weighted by Gasteiger charge is -2.26. The highest BCUT2D eigenvalue weighted by atomic mass is 16.8. The molecule has 0 radical (unpaired) electrons. The summed E-state index contributed by atoms with van der Waals surface area (Å²) >= 11 is 0. The Bertz CT molecular complexity index is 887. The van der Waals surface area contributed by atoms with Gasteiger partial charge in [-0.3, -0.25) is 4.79 Å². The number of carbonyl (C=O) groups is 2. The van der Waals surface area contributed by atoms with Gasteiger partial charge < -0.3 is 15.8 Å². The first kappa shape index (κ1) is 14.6. The molecule has 0 saturated heterocycles. The SMILES string of the molecule is O=C1NC2=C(C(=O)c3ccccc32)[C@H](c2ccc([NH+]([O-])O)cc2)N1. The number of benzene rings is 2. The normalized spacial score (nSPS) is 20.2. The fourth-order valence-corrected chi connectivity index (χ4v) is 3.13. The van der Waals surface area contributed by atoms with Crippen molar-refractivity contribution in [3.8, 4) is 0 Å². The minimum Gasteiger partial charge on any atom is -0.595 e. The maximum absolute atomic E-state index is 12.8. The molecule has 24 heavy (non-hydrogen) atoms. The van der Waals surface area contributed by atoms with Gasteiger partial charge in [-0.15, -0.1) is 0 Å². The number of ketones is 1. The second-order valence-electron chi connectivity index (χ2n) is 5.62. The van der Waals surface area contributed by atoms with Gasteiger partial charge in [0.25, 0.3) is 0 Å². The molecule has 0 saturated carbocycles. The molecule has 7 nitrogen and oxygen atoms in total. The Balaban J connectivity index is 1.81. The van der Waals surface area contributed by atoms with E-state index in [0.29, 0.717) is 28.0 Å². The summed E-state index contributed by atoms with van der Waals surface area (Å²) < 4.78 is 0. The van der Waals surface area contributed by atoms with E-state index in [0.717, 1.165) is 0 Å². The average molecular weight is 323 g/mol. The zero-order valence-electron chi connectivity index (χ0n) is 12.4. The second-order valence-corrected chi connectivity index (χ2v) is 5.62. The van der Waals surface area contributed by atoms with E-state index in [-0.39, 0.29) is 11.5 Å². The third-order valence-electron chi connectivity index (χ3n) is 4.25. The molecule has 4 rings (SSSR count). The molecule has 2 amide bonds. The summed E-state index contributed by atoms with van der Waals surface area (Å²) in [6, 6.07) is 12.2. The lowest BCUT2D eigenvalue weighted by molar-refractivity contribution is -0.991. The quantitative estimate of drug-likeness (QED) is 0.620. The van der Waals surface area contributed by atoms with Crippen molar-refractivity contribution in [1.82, 2.24) is 10.6 Å². The van der Waals surface area contributed by atoms with Crippen molar-refractivity contribution in [1.29, 1.82) is 0 Å². The number of quaternary nitrogens is 1. The van der Waals surface area contributed by atoms with Crippen LogP contribution in [0.3, 0.4) is 0 Å². The number of Topliss-reactive ketones (excluding diaryl/α,β-unsaturated/α-hetero) is 1. The smallest absolute Gasteiger partial charge is 0.320 e. The van der Waals surface area contributed by atoms with Crippen molar-refractivity contribution < 1.29 is 20.0 Å². The Kier molecular flexibility index (Phi) is 3.20. The van der Waals surface area contributed by atoms with E-state index in [4.69, 9.17) is 5.21 Å². The molecule has 120 valence electrons. The van der Waals surface area contributed by atoms with Gasteiger partial charge in [0.1, 0.15) is 0 Å². The molecule has 2 aromatic carbocycles. The Morgan fingerprint density at radius 2 is 1.67 bits per heavy atom. The van der Waals surface area contributed by atoms with Crippen LogP contribution in [0.25, 0.3) is 5.70 Å². The summed E-state index contributed by atoms with van der Waals surface area (Å²) in [5.41, 5.74) is 3.06. The van der Waals surface area contributed by atoms with E-state index in [1.165, 1.54) is 12.1 Å². The van der Waals surface area contributed by atoms with Crippen molar-refractivity contribution in [2.45, 2.75) is 6.04 Å².